The van der Waals surface area contributed by atoms with E-state index in [9.17, 15) is 5.11 Å². The number of methoxy groups -OCH3 is 1. The fourth-order valence-corrected chi connectivity index (χ4v) is 2.46. The Hall–Kier alpha value is -0.120. The standard InChI is InChI=1S/C12H24O3/c1-3-15-9-11(13)12(14-2)10-7-5-4-6-8-10/h10-13H,3-9H2,1-2H3. The molecule has 1 aliphatic carbocycles. The van der Waals surface area contributed by atoms with Gasteiger partial charge in [0.25, 0.3) is 0 Å². The molecule has 0 bridgehead atoms. The molecule has 1 fully saturated rings. The van der Waals surface area contributed by atoms with Crippen LogP contribution in [0.5, 0.6) is 0 Å². The highest BCUT2D eigenvalue weighted by atomic mass is 16.5. The van der Waals surface area contributed by atoms with E-state index in [1.165, 1.54) is 32.1 Å². The molecular weight excluding hydrogens is 192 g/mol. The van der Waals surface area contributed by atoms with E-state index < -0.39 is 6.10 Å². The van der Waals surface area contributed by atoms with Crippen LogP contribution < -0.4 is 0 Å². The van der Waals surface area contributed by atoms with Gasteiger partial charge < -0.3 is 14.6 Å². The first-order chi connectivity index (χ1) is 7.29. The molecule has 3 nitrogen and oxygen atoms in total. The van der Waals surface area contributed by atoms with Gasteiger partial charge in [-0.15, -0.1) is 0 Å². The number of hydrogen-bond acceptors (Lipinski definition) is 3. The van der Waals surface area contributed by atoms with Crippen LogP contribution >= 0.6 is 0 Å². The fraction of sp³-hybridized carbons (Fsp3) is 1.00. The fourth-order valence-electron chi connectivity index (χ4n) is 2.46. The lowest BCUT2D eigenvalue weighted by Gasteiger charge is -2.32. The van der Waals surface area contributed by atoms with Crippen molar-refractivity contribution in [3.63, 3.8) is 0 Å². The second kappa shape index (κ2) is 7.20. The van der Waals surface area contributed by atoms with Crippen molar-refractivity contribution < 1.29 is 14.6 Å². The van der Waals surface area contributed by atoms with Crippen molar-refractivity contribution >= 4 is 0 Å². The molecule has 2 atom stereocenters. The minimum absolute atomic E-state index is 0.0446. The predicted molar refractivity (Wildman–Crippen MR) is 59.9 cm³/mol. The number of aliphatic hydroxyl groups excluding tert-OH is 1. The molecule has 3 heteroatoms. The normalized spacial score (nSPS) is 22.6. The summed E-state index contributed by atoms with van der Waals surface area (Å²) >= 11 is 0. The highest BCUT2D eigenvalue weighted by Crippen LogP contribution is 2.29. The maximum absolute atomic E-state index is 9.94. The SMILES string of the molecule is CCOCC(O)C(OC)C1CCCCC1. The Balaban J connectivity index is 2.37. The van der Waals surface area contributed by atoms with Crippen LogP contribution in [-0.4, -0.2) is 37.6 Å². The Morgan fingerprint density at radius 1 is 1.27 bits per heavy atom. The van der Waals surface area contributed by atoms with Crippen LogP contribution in [-0.2, 0) is 9.47 Å². The smallest absolute Gasteiger partial charge is 0.104 e. The molecule has 0 radical (unpaired) electrons. The van der Waals surface area contributed by atoms with Crippen molar-refractivity contribution in [2.24, 2.45) is 5.92 Å². The van der Waals surface area contributed by atoms with Gasteiger partial charge in [-0.25, -0.2) is 0 Å². The van der Waals surface area contributed by atoms with Crippen LogP contribution in [0.2, 0.25) is 0 Å². The molecule has 0 aromatic rings. The second-order valence-corrected chi connectivity index (χ2v) is 4.33. The molecule has 1 aliphatic rings. The maximum Gasteiger partial charge on any atom is 0.104 e. The van der Waals surface area contributed by atoms with Crippen molar-refractivity contribution in [2.45, 2.75) is 51.2 Å². The van der Waals surface area contributed by atoms with Gasteiger partial charge in [-0.2, -0.15) is 0 Å². The molecule has 0 spiro atoms. The Morgan fingerprint density at radius 2 is 1.93 bits per heavy atom. The second-order valence-electron chi connectivity index (χ2n) is 4.33. The van der Waals surface area contributed by atoms with E-state index in [4.69, 9.17) is 9.47 Å². The van der Waals surface area contributed by atoms with Crippen LogP contribution in [0.3, 0.4) is 0 Å². The molecule has 1 saturated carbocycles. The topological polar surface area (TPSA) is 38.7 Å². The zero-order valence-corrected chi connectivity index (χ0v) is 9.95. The third-order valence-corrected chi connectivity index (χ3v) is 3.26. The van der Waals surface area contributed by atoms with Crippen molar-refractivity contribution in [1.82, 2.24) is 0 Å². The highest BCUT2D eigenvalue weighted by Gasteiger charge is 2.29. The molecule has 15 heavy (non-hydrogen) atoms. The van der Waals surface area contributed by atoms with Gasteiger partial charge in [-0.05, 0) is 25.7 Å². The Morgan fingerprint density at radius 3 is 2.47 bits per heavy atom. The summed E-state index contributed by atoms with van der Waals surface area (Å²) in [5.74, 6) is 0.513. The van der Waals surface area contributed by atoms with E-state index in [0.29, 0.717) is 19.1 Å². The summed E-state index contributed by atoms with van der Waals surface area (Å²) in [5.41, 5.74) is 0. The van der Waals surface area contributed by atoms with E-state index >= 15 is 0 Å². The molecule has 0 saturated heterocycles. The third kappa shape index (κ3) is 4.09. The first-order valence-electron chi connectivity index (χ1n) is 6.08. The van der Waals surface area contributed by atoms with Crippen LogP contribution in [0, 0.1) is 5.92 Å². The van der Waals surface area contributed by atoms with Crippen molar-refractivity contribution in [3.8, 4) is 0 Å². The first-order valence-corrected chi connectivity index (χ1v) is 6.08. The molecule has 0 aromatic carbocycles. The van der Waals surface area contributed by atoms with E-state index in [0.717, 1.165) is 0 Å². The summed E-state index contributed by atoms with van der Waals surface area (Å²) in [6.07, 6.45) is 5.71. The third-order valence-electron chi connectivity index (χ3n) is 3.26. The molecule has 1 rings (SSSR count). The molecule has 0 aromatic heterocycles. The van der Waals surface area contributed by atoms with Crippen molar-refractivity contribution in [1.29, 1.82) is 0 Å². The minimum atomic E-state index is -0.474. The summed E-state index contributed by atoms with van der Waals surface area (Å²) < 4.78 is 10.7. The minimum Gasteiger partial charge on any atom is -0.388 e. The predicted octanol–water partition coefficient (Wildman–Crippen LogP) is 1.98. The number of hydrogen-bond donors (Lipinski definition) is 1. The molecule has 0 amide bonds. The number of ether oxygens (including phenoxy) is 2. The van der Waals surface area contributed by atoms with E-state index in [1.54, 1.807) is 7.11 Å². The number of rotatable bonds is 6. The molecule has 0 aliphatic heterocycles. The van der Waals surface area contributed by atoms with Crippen LogP contribution in [0.15, 0.2) is 0 Å². The van der Waals surface area contributed by atoms with E-state index in [1.807, 2.05) is 6.92 Å². The van der Waals surface area contributed by atoms with Crippen LogP contribution in [0.25, 0.3) is 0 Å². The van der Waals surface area contributed by atoms with E-state index in [2.05, 4.69) is 0 Å². The summed E-state index contributed by atoms with van der Waals surface area (Å²) in [4.78, 5) is 0. The van der Waals surface area contributed by atoms with Crippen LogP contribution in [0.1, 0.15) is 39.0 Å². The average molecular weight is 216 g/mol. The molecule has 0 heterocycles. The lowest BCUT2D eigenvalue weighted by molar-refractivity contribution is -0.0842. The zero-order valence-electron chi connectivity index (χ0n) is 9.95. The van der Waals surface area contributed by atoms with Gasteiger partial charge in [0, 0.05) is 13.7 Å². The van der Waals surface area contributed by atoms with Gasteiger partial charge in [-0.1, -0.05) is 19.3 Å². The van der Waals surface area contributed by atoms with Gasteiger partial charge >= 0.3 is 0 Å². The average Bonchev–Trinajstić information content (AvgIpc) is 2.29. The van der Waals surface area contributed by atoms with Gasteiger partial charge in [-0.3, -0.25) is 0 Å². The lowest BCUT2D eigenvalue weighted by atomic mass is 9.83. The zero-order chi connectivity index (χ0) is 11.1. The number of aliphatic hydroxyl groups is 1. The first kappa shape index (κ1) is 12.9. The summed E-state index contributed by atoms with van der Waals surface area (Å²) in [5, 5.41) is 9.94. The summed E-state index contributed by atoms with van der Waals surface area (Å²) in [7, 11) is 1.69. The van der Waals surface area contributed by atoms with Gasteiger partial charge in [0.2, 0.25) is 0 Å². The van der Waals surface area contributed by atoms with Crippen LogP contribution in [0.4, 0.5) is 0 Å². The Labute approximate surface area is 92.8 Å². The van der Waals surface area contributed by atoms with Gasteiger partial charge in [0.05, 0.1) is 12.7 Å². The highest BCUT2D eigenvalue weighted by molar-refractivity contribution is 4.79. The van der Waals surface area contributed by atoms with E-state index in [-0.39, 0.29) is 6.10 Å². The molecular formula is C12H24O3. The lowest BCUT2D eigenvalue weighted by Crippen LogP contribution is -2.39. The van der Waals surface area contributed by atoms with Gasteiger partial charge in [0.1, 0.15) is 6.10 Å². The van der Waals surface area contributed by atoms with Gasteiger partial charge in [0.15, 0.2) is 0 Å². The van der Waals surface area contributed by atoms with Crippen molar-refractivity contribution in [3.05, 3.63) is 0 Å². The molecule has 1 N–H and O–H groups in total. The molecule has 2 unspecified atom stereocenters. The maximum atomic E-state index is 9.94. The summed E-state index contributed by atoms with van der Waals surface area (Å²) in [6.45, 7) is 2.98. The van der Waals surface area contributed by atoms with Crippen molar-refractivity contribution in [2.75, 3.05) is 20.3 Å². The Kier molecular flexibility index (Phi) is 6.22. The Bertz CT molecular complexity index is 155. The largest absolute Gasteiger partial charge is 0.388 e. The molecule has 90 valence electrons. The monoisotopic (exact) mass is 216 g/mol. The quantitative estimate of drug-likeness (QED) is 0.738. The summed E-state index contributed by atoms with van der Waals surface area (Å²) in [6, 6.07) is 0.